The minimum absolute atomic E-state index is 0.0462. The molecule has 0 unspecified atom stereocenters. The fourth-order valence-electron chi connectivity index (χ4n) is 4.04. The van der Waals surface area contributed by atoms with Crippen LogP contribution in [0.15, 0.2) is 24.3 Å². The van der Waals surface area contributed by atoms with E-state index in [0.717, 1.165) is 70.6 Å². The molecule has 1 amide bonds. The summed E-state index contributed by atoms with van der Waals surface area (Å²) in [6.45, 7) is 11.9. The number of piperazine rings is 1. The van der Waals surface area contributed by atoms with E-state index in [2.05, 4.69) is 33.9 Å². The lowest BCUT2D eigenvalue weighted by atomic mass is 10.1. The van der Waals surface area contributed by atoms with Crippen molar-refractivity contribution in [3.63, 3.8) is 0 Å². The maximum Gasteiger partial charge on any atom is 0.407 e. The number of rotatable bonds is 7. The molecule has 3 rings (SSSR count). The minimum atomic E-state index is -0.313. The molecule has 0 aliphatic carbocycles. The molecule has 0 spiro atoms. The number of ether oxygens (including phenoxy) is 1. The average Bonchev–Trinajstić information content (AvgIpc) is 2.74. The van der Waals surface area contributed by atoms with Crippen LogP contribution in [0.5, 0.6) is 0 Å². The van der Waals surface area contributed by atoms with Crippen LogP contribution >= 0.6 is 0 Å². The topological polar surface area (TPSA) is 65.1 Å². The van der Waals surface area contributed by atoms with Gasteiger partial charge in [0, 0.05) is 82.5 Å². The molecule has 1 N–H and O–H groups in total. The number of hydrogen-bond acceptors (Lipinski definition) is 6. The Kier molecular flexibility index (Phi) is 7.89. The molecule has 29 heavy (non-hydrogen) atoms. The van der Waals surface area contributed by atoms with E-state index >= 15 is 0 Å². The van der Waals surface area contributed by atoms with Gasteiger partial charge in [0.2, 0.25) is 0 Å². The van der Waals surface area contributed by atoms with Gasteiger partial charge in [0.05, 0.1) is 0 Å². The molecule has 2 fully saturated rings. The third kappa shape index (κ3) is 6.44. The normalized spacial score (nSPS) is 19.3. The van der Waals surface area contributed by atoms with E-state index in [1.165, 1.54) is 0 Å². The van der Waals surface area contributed by atoms with Gasteiger partial charge in [-0.25, -0.2) is 4.79 Å². The van der Waals surface area contributed by atoms with E-state index in [-0.39, 0.29) is 12.2 Å². The molecule has 2 saturated heterocycles. The second-order valence-corrected chi connectivity index (χ2v) is 8.20. The van der Waals surface area contributed by atoms with Crippen LogP contribution in [0.2, 0.25) is 0 Å². The zero-order chi connectivity index (χ0) is 20.6. The maximum absolute atomic E-state index is 12.1. The summed E-state index contributed by atoms with van der Waals surface area (Å²) >= 11 is 0. The Morgan fingerprint density at radius 2 is 1.90 bits per heavy atom. The first kappa shape index (κ1) is 21.6. The maximum atomic E-state index is 12.1. The Balaban J connectivity index is 1.31. The largest absolute Gasteiger partial charge is 0.446 e. The number of nitrogens with zero attached hydrogens (tertiary/aromatic N) is 3. The van der Waals surface area contributed by atoms with Crippen molar-refractivity contribution in [2.75, 3.05) is 57.3 Å². The lowest BCUT2D eigenvalue weighted by Gasteiger charge is -2.37. The van der Waals surface area contributed by atoms with Crippen LogP contribution in [0.25, 0.3) is 0 Å². The van der Waals surface area contributed by atoms with Gasteiger partial charge in [0.25, 0.3) is 0 Å². The number of hydrogen-bond donors (Lipinski definition) is 1. The van der Waals surface area contributed by atoms with Gasteiger partial charge < -0.3 is 15.0 Å². The van der Waals surface area contributed by atoms with Crippen LogP contribution in [0.3, 0.4) is 0 Å². The van der Waals surface area contributed by atoms with Crippen LogP contribution in [0.1, 0.15) is 37.0 Å². The number of nitrogens with one attached hydrogen (secondary N) is 1. The number of alkyl carbamates (subject to hydrolysis) is 1. The van der Waals surface area contributed by atoms with Crippen LogP contribution in [0.4, 0.5) is 10.5 Å². The molecule has 0 aromatic heterocycles. The van der Waals surface area contributed by atoms with Crippen molar-refractivity contribution in [2.45, 2.75) is 38.8 Å². The fraction of sp³-hybridized carbons (Fsp3) is 0.636. The summed E-state index contributed by atoms with van der Waals surface area (Å²) in [6.07, 6.45) is 2.11. The van der Waals surface area contributed by atoms with E-state index in [1.807, 2.05) is 18.2 Å². The second kappa shape index (κ2) is 10.6. The highest BCUT2D eigenvalue weighted by molar-refractivity contribution is 5.77. The van der Waals surface area contributed by atoms with Crippen molar-refractivity contribution in [3.8, 4) is 0 Å². The summed E-state index contributed by atoms with van der Waals surface area (Å²) in [5.74, 6) is 0. The number of carbonyl (C=O) groups excluding carboxylic acids is 2. The predicted octanol–water partition coefficient (Wildman–Crippen LogP) is 2.22. The summed E-state index contributed by atoms with van der Waals surface area (Å²) in [7, 11) is 0. The fourth-order valence-corrected chi connectivity index (χ4v) is 4.04. The molecule has 2 aliphatic heterocycles. The highest BCUT2D eigenvalue weighted by Crippen LogP contribution is 2.22. The standard InChI is InChI=1S/C22H34N4O3/c1-18(2)25-14-12-24(13-15-25)11-8-23-22(28)29-21-6-9-26(10-7-21)20-5-3-4-19(16-20)17-27/h3-5,16-18,21H,6-15H2,1-2H3,(H,23,28). The monoisotopic (exact) mass is 402 g/mol. The quantitative estimate of drug-likeness (QED) is 0.706. The van der Waals surface area contributed by atoms with Crippen LogP contribution in [-0.4, -0.2) is 86.7 Å². The molecule has 0 radical (unpaired) electrons. The predicted molar refractivity (Wildman–Crippen MR) is 115 cm³/mol. The van der Waals surface area contributed by atoms with Crippen molar-refractivity contribution in [3.05, 3.63) is 29.8 Å². The number of anilines is 1. The van der Waals surface area contributed by atoms with E-state index in [0.29, 0.717) is 18.2 Å². The first-order chi connectivity index (χ1) is 14.0. The molecule has 0 saturated carbocycles. The minimum Gasteiger partial charge on any atom is -0.446 e. The molecule has 160 valence electrons. The van der Waals surface area contributed by atoms with Crippen molar-refractivity contribution in [1.29, 1.82) is 0 Å². The van der Waals surface area contributed by atoms with Gasteiger partial charge in [-0.3, -0.25) is 14.6 Å². The Morgan fingerprint density at radius 3 is 2.55 bits per heavy atom. The Bertz CT molecular complexity index is 666. The SMILES string of the molecule is CC(C)N1CCN(CCNC(=O)OC2CCN(c3cccc(C=O)c3)CC2)CC1. The van der Waals surface area contributed by atoms with Crippen molar-refractivity contribution < 1.29 is 14.3 Å². The Labute approximate surface area is 174 Å². The Morgan fingerprint density at radius 1 is 1.17 bits per heavy atom. The zero-order valence-corrected chi connectivity index (χ0v) is 17.7. The number of amides is 1. The first-order valence-electron chi connectivity index (χ1n) is 10.8. The molecule has 2 aliphatic rings. The molecule has 1 aromatic rings. The highest BCUT2D eigenvalue weighted by atomic mass is 16.6. The molecular formula is C22H34N4O3. The molecule has 7 nitrogen and oxygen atoms in total. The molecule has 1 aromatic carbocycles. The number of carbonyl (C=O) groups is 2. The smallest absolute Gasteiger partial charge is 0.407 e. The third-order valence-corrected chi connectivity index (χ3v) is 5.92. The van der Waals surface area contributed by atoms with Gasteiger partial charge in [-0.2, -0.15) is 0 Å². The van der Waals surface area contributed by atoms with E-state index < -0.39 is 0 Å². The molecule has 0 bridgehead atoms. The van der Waals surface area contributed by atoms with Gasteiger partial charge in [-0.05, 0) is 26.0 Å². The van der Waals surface area contributed by atoms with Crippen LogP contribution in [-0.2, 0) is 4.74 Å². The molecule has 7 heteroatoms. The molecule has 2 heterocycles. The summed E-state index contributed by atoms with van der Waals surface area (Å²) in [4.78, 5) is 30.2. The van der Waals surface area contributed by atoms with Gasteiger partial charge in [0.15, 0.2) is 0 Å². The second-order valence-electron chi connectivity index (χ2n) is 8.20. The first-order valence-corrected chi connectivity index (χ1v) is 10.8. The molecular weight excluding hydrogens is 368 g/mol. The average molecular weight is 403 g/mol. The van der Waals surface area contributed by atoms with Crippen molar-refractivity contribution >= 4 is 18.1 Å². The Hall–Kier alpha value is -2.12. The van der Waals surface area contributed by atoms with Crippen LogP contribution < -0.4 is 10.2 Å². The summed E-state index contributed by atoms with van der Waals surface area (Å²) in [6, 6.07) is 8.23. The number of piperidine rings is 1. The summed E-state index contributed by atoms with van der Waals surface area (Å²) in [5.41, 5.74) is 1.74. The number of aldehydes is 1. The molecule has 0 atom stereocenters. The lowest BCUT2D eigenvalue weighted by Crippen LogP contribution is -2.50. The van der Waals surface area contributed by atoms with Crippen LogP contribution in [0, 0.1) is 0 Å². The lowest BCUT2D eigenvalue weighted by molar-refractivity contribution is 0.0800. The van der Waals surface area contributed by atoms with Gasteiger partial charge in [0.1, 0.15) is 12.4 Å². The highest BCUT2D eigenvalue weighted by Gasteiger charge is 2.23. The summed E-state index contributed by atoms with van der Waals surface area (Å²) < 4.78 is 5.60. The summed E-state index contributed by atoms with van der Waals surface area (Å²) in [5, 5.41) is 2.90. The van der Waals surface area contributed by atoms with Gasteiger partial charge >= 0.3 is 6.09 Å². The zero-order valence-electron chi connectivity index (χ0n) is 17.7. The van der Waals surface area contributed by atoms with E-state index in [4.69, 9.17) is 4.74 Å². The van der Waals surface area contributed by atoms with Crippen molar-refractivity contribution in [2.24, 2.45) is 0 Å². The van der Waals surface area contributed by atoms with Gasteiger partial charge in [-0.1, -0.05) is 12.1 Å². The van der Waals surface area contributed by atoms with E-state index in [1.54, 1.807) is 6.07 Å². The van der Waals surface area contributed by atoms with Crippen molar-refractivity contribution in [1.82, 2.24) is 15.1 Å². The van der Waals surface area contributed by atoms with E-state index in [9.17, 15) is 9.59 Å². The third-order valence-electron chi connectivity index (χ3n) is 5.92. The number of benzene rings is 1. The van der Waals surface area contributed by atoms with Gasteiger partial charge in [-0.15, -0.1) is 0 Å².